The van der Waals surface area contributed by atoms with Crippen molar-refractivity contribution in [3.8, 4) is 0 Å². The van der Waals surface area contributed by atoms with E-state index in [1.807, 2.05) is 0 Å². The molecule has 0 aliphatic rings. The van der Waals surface area contributed by atoms with Crippen molar-refractivity contribution in [1.29, 1.82) is 0 Å². The normalized spacial score (nSPS) is 11.0. The van der Waals surface area contributed by atoms with Gasteiger partial charge in [0.05, 0.1) is 10.5 Å². The summed E-state index contributed by atoms with van der Waals surface area (Å²) in [4.78, 5) is 15.4. The minimum atomic E-state index is -1.12. The monoisotopic (exact) mass is 306 g/mol. The molecular weight excluding hydrogens is 298 g/mol. The zero-order valence-electron chi connectivity index (χ0n) is 10.6. The third-order valence-electron chi connectivity index (χ3n) is 3.25. The molecule has 3 nitrogen and oxygen atoms in total. The Bertz CT molecular complexity index is 873. The molecule has 2 aromatic carbocycles. The maximum Gasteiger partial charge on any atom is 0.197 e. The quantitative estimate of drug-likeness (QED) is 0.557. The minimum absolute atomic E-state index is 0.0882. The molecule has 0 atom stereocenters. The van der Waals surface area contributed by atoms with Gasteiger partial charge < -0.3 is 10.7 Å². The number of hydrogen-bond donors (Lipinski definition) is 2. The first-order chi connectivity index (χ1) is 9.99. The number of fused-ring (bicyclic) bond motifs is 1. The van der Waals surface area contributed by atoms with Crippen molar-refractivity contribution in [2.75, 3.05) is 5.73 Å². The van der Waals surface area contributed by atoms with Gasteiger partial charge >= 0.3 is 0 Å². The second kappa shape index (κ2) is 4.86. The molecule has 21 heavy (non-hydrogen) atoms. The number of H-pyrrole nitrogens is 1. The number of anilines is 1. The van der Waals surface area contributed by atoms with Gasteiger partial charge in [-0.1, -0.05) is 23.7 Å². The number of para-hydroxylation sites is 1. The molecular formula is C15H9ClF2N2O. The molecule has 0 spiro atoms. The van der Waals surface area contributed by atoms with Crippen LogP contribution in [0.15, 0.2) is 36.5 Å². The summed E-state index contributed by atoms with van der Waals surface area (Å²) in [6.45, 7) is 0. The van der Waals surface area contributed by atoms with Crippen molar-refractivity contribution in [3.05, 3.63) is 64.3 Å². The lowest BCUT2D eigenvalue weighted by Crippen LogP contribution is -2.06. The van der Waals surface area contributed by atoms with Gasteiger partial charge in [0.1, 0.15) is 0 Å². The molecule has 0 saturated carbocycles. The van der Waals surface area contributed by atoms with E-state index in [4.69, 9.17) is 17.3 Å². The fraction of sp³-hybridized carbons (Fsp3) is 0. The molecule has 0 fully saturated rings. The predicted molar refractivity (Wildman–Crippen MR) is 77.5 cm³/mol. The minimum Gasteiger partial charge on any atom is -0.398 e. The van der Waals surface area contributed by atoms with Gasteiger partial charge in [0.25, 0.3) is 0 Å². The first-order valence-corrected chi connectivity index (χ1v) is 6.41. The topological polar surface area (TPSA) is 58.9 Å². The van der Waals surface area contributed by atoms with E-state index >= 15 is 0 Å². The smallest absolute Gasteiger partial charge is 0.197 e. The Kier molecular flexibility index (Phi) is 3.14. The van der Waals surface area contributed by atoms with E-state index in [9.17, 15) is 13.6 Å². The maximum atomic E-state index is 13.3. The fourth-order valence-electron chi connectivity index (χ4n) is 2.21. The summed E-state index contributed by atoms with van der Waals surface area (Å²) in [6, 6.07) is 6.69. The lowest BCUT2D eigenvalue weighted by Gasteiger charge is -2.05. The summed E-state index contributed by atoms with van der Waals surface area (Å²) in [5.41, 5.74) is 6.30. The number of hydrogen-bond acceptors (Lipinski definition) is 2. The molecule has 0 bridgehead atoms. The molecule has 0 radical (unpaired) electrons. The van der Waals surface area contributed by atoms with Crippen LogP contribution in [0.2, 0.25) is 5.02 Å². The lowest BCUT2D eigenvalue weighted by atomic mass is 10.0. The van der Waals surface area contributed by atoms with E-state index in [2.05, 4.69) is 4.98 Å². The van der Waals surface area contributed by atoms with Crippen LogP contribution in [0, 0.1) is 11.6 Å². The molecule has 0 aliphatic carbocycles. The molecule has 1 aromatic heterocycles. The highest BCUT2D eigenvalue weighted by atomic mass is 35.5. The van der Waals surface area contributed by atoms with Crippen molar-refractivity contribution >= 4 is 34.0 Å². The first kappa shape index (κ1) is 13.6. The Morgan fingerprint density at radius 2 is 1.86 bits per heavy atom. The molecule has 3 N–H and O–H groups in total. The van der Waals surface area contributed by atoms with E-state index in [1.165, 1.54) is 6.20 Å². The van der Waals surface area contributed by atoms with E-state index in [1.54, 1.807) is 18.2 Å². The highest BCUT2D eigenvalue weighted by molar-refractivity contribution is 6.36. The van der Waals surface area contributed by atoms with E-state index in [-0.39, 0.29) is 11.3 Å². The van der Waals surface area contributed by atoms with Crippen molar-refractivity contribution < 1.29 is 13.6 Å². The van der Waals surface area contributed by atoms with Crippen LogP contribution >= 0.6 is 11.6 Å². The van der Waals surface area contributed by atoms with Crippen LogP contribution in [0.1, 0.15) is 15.9 Å². The van der Waals surface area contributed by atoms with Gasteiger partial charge in [-0.15, -0.1) is 0 Å². The summed E-state index contributed by atoms with van der Waals surface area (Å²) in [6.07, 6.45) is 1.47. The molecule has 3 aromatic rings. The van der Waals surface area contributed by atoms with Crippen LogP contribution in [0.25, 0.3) is 10.9 Å². The van der Waals surface area contributed by atoms with Crippen molar-refractivity contribution in [2.45, 2.75) is 0 Å². The number of carbonyl (C=O) groups excluding carboxylic acids is 1. The third kappa shape index (κ3) is 2.15. The van der Waals surface area contributed by atoms with Gasteiger partial charge in [0.2, 0.25) is 0 Å². The second-order valence-electron chi connectivity index (χ2n) is 4.55. The third-order valence-corrected chi connectivity index (χ3v) is 3.56. The largest absolute Gasteiger partial charge is 0.398 e. The van der Waals surface area contributed by atoms with E-state index in [0.717, 1.165) is 12.1 Å². The molecule has 0 aliphatic heterocycles. The van der Waals surface area contributed by atoms with Gasteiger partial charge in [-0.2, -0.15) is 0 Å². The number of benzene rings is 2. The standard InChI is InChI=1S/C15H9ClF2N2O/c16-10-3-1-2-7-9(6-20-14(7)10)15(21)8-4-11(17)12(18)5-13(8)19/h1-6,20H,19H2. The molecule has 106 valence electrons. The van der Waals surface area contributed by atoms with Crippen LogP contribution in [0.3, 0.4) is 0 Å². The van der Waals surface area contributed by atoms with Gasteiger partial charge in [-0.05, 0) is 12.1 Å². The Labute approximate surface area is 123 Å². The lowest BCUT2D eigenvalue weighted by molar-refractivity contribution is 0.104. The Morgan fingerprint density at radius 1 is 1.14 bits per heavy atom. The summed E-state index contributed by atoms with van der Waals surface area (Å²) in [7, 11) is 0. The Morgan fingerprint density at radius 3 is 2.62 bits per heavy atom. The molecule has 0 saturated heterocycles. The number of carbonyl (C=O) groups is 1. The van der Waals surface area contributed by atoms with E-state index in [0.29, 0.717) is 21.5 Å². The summed E-state index contributed by atoms with van der Waals surface area (Å²) in [5, 5.41) is 1.06. The molecule has 6 heteroatoms. The second-order valence-corrected chi connectivity index (χ2v) is 4.95. The van der Waals surface area contributed by atoms with Gasteiger partial charge in [-0.25, -0.2) is 8.78 Å². The molecule has 0 unspecified atom stereocenters. The van der Waals surface area contributed by atoms with Gasteiger partial charge in [-0.3, -0.25) is 4.79 Å². The number of halogens is 3. The van der Waals surface area contributed by atoms with Crippen LogP contribution in [0.4, 0.5) is 14.5 Å². The summed E-state index contributed by atoms with van der Waals surface area (Å²) >= 11 is 6.02. The first-order valence-electron chi connectivity index (χ1n) is 6.04. The summed E-state index contributed by atoms with van der Waals surface area (Å²) < 4.78 is 26.4. The van der Waals surface area contributed by atoms with Crippen LogP contribution in [0.5, 0.6) is 0 Å². The highest BCUT2D eigenvalue weighted by Gasteiger charge is 2.19. The van der Waals surface area contributed by atoms with Gasteiger partial charge in [0.15, 0.2) is 17.4 Å². The number of nitrogens with two attached hydrogens (primary N) is 1. The van der Waals surface area contributed by atoms with Crippen LogP contribution in [-0.2, 0) is 0 Å². The van der Waals surface area contributed by atoms with Gasteiger partial charge in [0, 0.05) is 34.5 Å². The average Bonchev–Trinajstić information content (AvgIpc) is 2.87. The number of aromatic nitrogens is 1. The number of nitrogens with one attached hydrogen (secondary N) is 1. The molecule has 3 rings (SSSR count). The van der Waals surface area contributed by atoms with Crippen molar-refractivity contribution in [2.24, 2.45) is 0 Å². The fourth-order valence-corrected chi connectivity index (χ4v) is 2.44. The number of ketones is 1. The average molecular weight is 307 g/mol. The summed E-state index contributed by atoms with van der Waals surface area (Å²) in [5.74, 6) is -2.71. The Hall–Kier alpha value is -2.40. The number of nitrogen functional groups attached to an aromatic ring is 1. The zero-order chi connectivity index (χ0) is 15.1. The highest BCUT2D eigenvalue weighted by Crippen LogP contribution is 2.28. The van der Waals surface area contributed by atoms with Crippen LogP contribution in [-0.4, -0.2) is 10.8 Å². The molecule has 1 heterocycles. The Balaban J connectivity index is 2.18. The number of aromatic amines is 1. The van der Waals surface area contributed by atoms with Crippen LogP contribution < -0.4 is 5.73 Å². The number of rotatable bonds is 2. The predicted octanol–water partition coefficient (Wildman–Crippen LogP) is 3.91. The van der Waals surface area contributed by atoms with Crippen molar-refractivity contribution in [3.63, 3.8) is 0 Å². The maximum absolute atomic E-state index is 13.3. The SMILES string of the molecule is Nc1cc(F)c(F)cc1C(=O)c1c[nH]c2c(Cl)cccc12. The van der Waals surface area contributed by atoms with E-state index < -0.39 is 17.4 Å². The van der Waals surface area contributed by atoms with Crippen molar-refractivity contribution in [1.82, 2.24) is 4.98 Å². The molecule has 0 amide bonds. The zero-order valence-corrected chi connectivity index (χ0v) is 11.3.